The zero-order chi connectivity index (χ0) is 16.1. The highest BCUT2D eigenvalue weighted by Crippen LogP contribution is 2.20. The molecule has 1 heterocycles. The summed E-state index contributed by atoms with van der Waals surface area (Å²) in [6.45, 7) is 1.86. The summed E-state index contributed by atoms with van der Waals surface area (Å²) in [6.07, 6.45) is 5.91. The molecule has 4 heteroatoms. The van der Waals surface area contributed by atoms with Crippen LogP contribution in [-0.4, -0.2) is 15.5 Å². The zero-order valence-electron chi connectivity index (χ0n) is 13.0. The van der Waals surface area contributed by atoms with E-state index in [1.165, 1.54) is 5.56 Å². The van der Waals surface area contributed by atoms with Crippen molar-refractivity contribution in [2.45, 2.75) is 19.4 Å². The molecule has 4 nitrogen and oxygen atoms in total. The maximum Gasteiger partial charge on any atom is 0.247 e. The molecule has 116 valence electrons. The van der Waals surface area contributed by atoms with Crippen molar-refractivity contribution in [3.05, 3.63) is 84.4 Å². The number of anilines is 1. The summed E-state index contributed by atoms with van der Waals surface area (Å²) in [4.78, 5) is 16.4. The van der Waals surface area contributed by atoms with Crippen LogP contribution in [0.2, 0.25) is 0 Å². The average molecular weight is 305 g/mol. The molecule has 3 aromatic rings. The minimum Gasteiger partial charge on any atom is -0.325 e. The van der Waals surface area contributed by atoms with Crippen LogP contribution >= 0.6 is 0 Å². The van der Waals surface area contributed by atoms with Gasteiger partial charge in [-0.1, -0.05) is 48.5 Å². The fourth-order valence-electron chi connectivity index (χ4n) is 2.48. The van der Waals surface area contributed by atoms with Gasteiger partial charge in [0.1, 0.15) is 6.04 Å². The first-order valence-corrected chi connectivity index (χ1v) is 7.64. The summed E-state index contributed by atoms with van der Waals surface area (Å²) in [5, 5.41) is 3.03. The maximum absolute atomic E-state index is 12.5. The number of nitrogens with one attached hydrogen (secondary N) is 1. The van der Waals surface area contributed by atoms with E-state index in [9.17, 15) is 4.79 Å². The number of para-hydroxylation sites is 1. The Morgan fingerprint density at radius 1 is 1.13 bits per heavy atom. The van der Waals surface area contributed by atoms with Gasteiger partial charge in [0.05, 0.1) is 6.33 Å². The van der Waals surface area contributed by atoms with Gasteiger partial charge in [-0.3, -0.25) is 4.79 Å². The van der Waals surface area contributed by atoms with Crippen LogP contribution in [0.3, 0.4) is 0 Å². The number of benzene rings is 2. The van der Waals surface area contributed by atoms with Gasteiger partial charge in [0.15, 0.2) is 0 Å². The van der Waals surface area contributed by atoms with Crippen molar-refractivity contribution in [3.8, 4) is 0 Å². The summed E-state index contributed by atoms with van der Waals surface area (Å²) < 4.78 is 1.79. The Kier molecular flexibility index (Phi) is 4.52. The quantitative estimate of drug-likeness (QED) is 0.781. The van der Waals surface area contributed by atoms with Crippen LogP contribution in [0, 0.1) is 0 Å². The molecule has 0 aliphatic rings. The summed E-state index contributed by atoms with van der Waals surface area (Å²) in [7, 11) is 0. The molecule has 1 amide bonds. The SMILES string of the molecule is C[C@@H](C(=O)Nc1ccccc1Cc1ccccc1)n1ccnc1. The number of imidazole rings is 1. The van der Waals surface area contributed by atoms with E-state index in [2.05, 4.69) is 22.4 Å². The molecule has 23 heavy (non-hydrogen) atoms. The van der Waals surface area contributed by atoms with E-state index in [0.29, 0.717) is 0 Å². The van der Waals surface area contributed by atoms with Crippen molar-refractivity contribution in [1.29, 1.82) is 0 Å². The lowest BCUT2D eigenvalue weighted by Gasteiger charge is -2.16. The van der Waals surface area contributed by atoms with Gasteiger partial charge in [0.2, 0.25) is 5.91 Å². The van der Waals surface area contributed by atoms with Crippen molar-refractivity contribution < 1.29 is 4.79 Å². The minimum absolute atomic E-state index is 0.0523. The van der Waals surface area contributed by atoms with Gasteiger partial charge in [-0.2, -0.15) is 0 Å². The molecule has 0 saturated carbocycles. The molecule has 3 rings (SSSR count). The highest BCUT2D eigenvalue weighted by molar-refractivity contribution is 5.94. The number of carbonyl (C=O) groups is 1. The molecule has 1 atom stereocenters. The second-order valence-electron chi connectivity index (χ2n) is 5.49. The van der Waals surface area contributed by atoms with Crippen molar-refractivity contribution in [2.24, 2.45) is 0 Å². The summed E-state index contributed by atoms with van der Waals surface area (Å²) in [5.74, 6) is -0.0523. The van der Waals surface area contributed by atoms with E-state index in [1.54, 1.807) is 23.3 Å². The van der Waals surface area contributed by atoms with Gasteiger partial charge in [0.25, 0.3) is 0 Å². The van der Waals surface area contributed by atoms with Crippen molar-refractivity contribution in [3.63, 3.8) is 0 Å². The molecule has 1 aromatic heterocycles. The zero-order valence-corrected chi connectivity index (χ0v) is 13.0. The minimum atomic E-state index is -0.303. The van der Waals surface area contributed by atoms with Gasteiger partial charge in [-0.25, -0.2) is 4.98 Å². The highest BCUT2D eigenvalue weighted by Gasteiger charge is 2.15. The van der Waals surface area contributed by atoms with Crippen LogP contribution in [0.15, 0.2) is 73.3 Å². The Bertz CT molecular complexity index is 766. The highest BCUT2D eigenvalue weighted by atomic mass is 16.2. The summed E-state index contributed by atoms with van der Waals surface area (Å²) >= 11 is 0. The molecule has 0 aliphatic carbocycles. The maximum atomic E-state index is 12.5. The molecule has 0 radical (unpaired) electrons. The second-order valence-corrected chi connectivity index (χ2v) is 5.49. The van der Waals surface area contributed by atoms with Gasteiger partial charge >= 0.3 is 0 Å². The predicted molar refractivity (Wildman–Crippen MR) is 91.3 cm³/mol. The smallest absolute Gasteiger partial charge is 0.247 e. The lowest BCUT2D eigenvalue weighted by Crippen LogP contribution is -2.23. The van der Waals surface area contributed by atoms with E-state index in [-0.39, 0.29) is 11.9 Å². The first kappa shape index (κ1) is 15.0. The third-order valence-electron chi connectivity index (χ3n) is 3.86. The second kappa shape index (κ2) is 6.92. The van der Waals surface area contributed by atoms with E-state index in [0.717, 1.165) is 17.7 Å². The van der Waals surface area contributed by atoms with Crippen molar-refractivity contribution >= 4 is 11.6 Å². The Balaban J connectivity index is 1.76. The Morgan fingerprint density at radius 3 is 2.61 bits per heavy atom. The fourth-order valence-corrected chi connectivity index (χ4v) is 2.48. The lowest BCUT2D eigenvalue weighted by molar-refractivity contribution is -0.118. The Labute approximate surface area is 135 Å². The van der Waals surface area contributed by atoms with Gasteiger partial charge in [0, 0.05) is 18.1 Å². The van der Waals surface area contributed by atoms with Crippen LogP contribution in [0.4, 0.5) is 5.69 Å². The van der Waals surface area contributed by atoms with Gasteiger partial charge in [-0.15, -0.1) is 0 Å². The molecule has 0 fully saturated rings. The molecule has 0 bridgehead atoms. The van der Waals surface area contributed by atoms with E-state index in [4.69, 9.17) is 0 Å². The van der Waals surface area contributed by atoms with Crippen molar-refractivity contribution in [2.75, 3.05) is 5.32 Å². The van der Waals surface area contributed by atoms with Crippen LogP contribution in [0.5, 0.6) is 0 Å². The molecule has 0 aliphatic heterocycles. The first-order chi connectivity index (χ1) is 11.2. The summed E-state index contributed by atoms with van der Waals surface area (Å²) in [6, 6.07) is 17.8. The summed E-state index contributed by atoms with van der Waals surface area (Å²) in [5.41, 5.74) is 3.18. The normalized spacial score (nSPS) is 11.9. The monoisotopic (exact) mass is 305 g/mol. The van der Waals surface area contributed by atoms with Crippen LogP contribution in [0.1, 0.15) is 24.1 Å². The lowest BCUT2D eigenvalue weighted by atomic mass is 10.0. The number of nitrogens with zero attached hydrogens (tertiary/aromatic N) is 2. The number of aromatic nitrogens is 2. The van der Waals surface area contributed by atoms with E-state index < -0.39 is 0 Å². The molecule has 2 aromatic carbocycles. The van der Waals surface area contributed by atoms with E-state index >= 15 is 0 Å². The Morgan fingerprint density at radius 2 is 1.87 bits per heavy atom. The van der Waals surface area contributed by atoms with Crippen LogP contribution < -0.4 is 5.32 Å². The van der Waals surface area contributed by atoms with Gasteiger partial charge < -0.3 is 9.88 Å². The third-order valence-corrected chi connectivity index (χ3v) is 3.86. The topological polar surface area (TPSA) is 46.9 Å². The molecule has 0 unspecified atom stereocenters. The van der Waals surface area contributed by atoms with Crippen LogP contribution in [0.25, 0.3) is 0 Å². The number of carbonyl (C=O) groups excluding carboxylic acids is 1. The Hall–Kier alpha value is -2.88. The van der Waals surface area contributed by atoms with E-state index in [1.807, 2.05) is 49.4 Å². The number of hydrogen-bond acceptors (Lipinski definition) is 2. The first-order valence-electron chi connectivity index (χ1n) is 7.64. The number of hydrogen-bond donors (Lipinski definition) is 1. The largest absolute Gasteiger partial charge is 0.325 e. The molecule has 0 saturated heterocycles. The molecule has 0 spiro atoms. The molecular formula is C19H19N3O. The number of amides is 1. The predicted octanol–water partition coefficient (Wildman–Crippen LogP) is 3.67. The van der Waals surface area contributed by atoms with Gasteiger partial charge in [-0.05, 0) is 30.5 Å². The average Bonchev–Trinajstić information content (AvgIpc) is 3.11. The van der Waals surface area contributed by atoms with Crippen molar-refractivity contribution in [1.82, 2.24) is 9.55 Å². The number of rotatable bonds is 5. The molecule has 1 N–H and O–H groups in total. The third kappa shape index (κ3) is 3.66. The standard InChI is InChI=1S/C19H19N3O/c1-15(22-12-11-20-14-22)19(23)21-18-10-6-5-9-17(18)13-16-7-3-2-4-8-16/h2-12,14-15H,13H2,1H3,(H,21,23)/t15-/m0/s1. The fraction of sp³-hybridized carbons (Fsp3) is 0.158. The molecular weight excluding hydrogens is 286 g/mol. The van der Waals surface area contributed by atoms with Crippen LogP contribution in [-0.2, 0) is 11.2 Å².